The zero-order chi connectivity index (χ0) is 21.7. The van der Waals surface area contributed by atoms with Gasteiger partial charge in [-0.2, -0.15) is 5.10 Å². The van der Waals surface area contributed by atoms with Crippen molar-refractivity contribution in [2.24, 2.45) is 17.6 Å². The van der Waals surface area contributed by atoms with Gasteiger partial charge in [-0.1, -0.05) is 0 Å². The van der Waals surface area contributed by atoms with Crippen molar-refractivity contribution in [2.45, 2.75) is 19.4 Å². The zero-order valence-corrected chi connectivity index (χ0v) is 16.7. The van der Waals surface area contributed by atoms with Gasteiger partial charge < -0.3 is 10.8 Å². The van der Waals surface area contributed by atoms with Gasteiger partial charge in [0.25, 0.3) is 5.91 Å². The SMILES string of the molecule is Cc1nc(N2C[C@H]3C[C@H]3C2=O)ncc1[C@H](CO)n1cc(-c2nccnc2C(N)=O)cn1. The number of aliphatic hydroxyl groups is 1. The first-order chi connectivity index (χ1) is 15.0. The zero-order valence-electron chi connectivity index (χ0n) is 16.7. The number of fused-ring (bicyclic) bond motifs is 1. The van der Waals surface area contributed by atoms with Crippen LogP contribution in [-0.2, 0) is 4.79 Å². The first kappa shape index (κ1) is 19.2. The molecule has 3 atom stereocenters. The van der Waals surface area contributed by atoms with Gasteiger partial charge >= 0.3 is 0 Å². The number of carbonyl (C=O) groups excluding carboxylic acids is 2. The van der Waals surface area contributed by atoms with Crippen LogP contribution in [0.4, 0.5) is 5.95 Å². The lowest BCUT2D eigenvalue weighted by Gasteiger charge is -2.20. The van der Waals surface area contributed by atoms with E-state index in [9.17, 15) is 14.7 Å². The number of aliphatic hydroxyl groups excluding tert-OH is 1. The van der Waals surface area contributed by atoms with Crippen molar-refractivity contribution in [1.82, 2.24) is 29.7 Å². The second kappa shape index (κ2) is 7.20. The molecule has 1 aliphatic heterocycles. The lowest BCUT2D eigenvalue weighted by molar-refractivity contribution is -0.118. The van der Waals surface area contributed by atoms with Crippen LogP contribution in [0.5, 0.6) is 0 Å². The van der Waals surface area contributed by atoms with Gasteiger partial charge in [-0.25, -0.2) is 15.0 Å². The van der Waals surface area contributed by atoms with Crippen molar-refractivity contribution in [3.8, 4) is 11.3 Å². The number of primary amides is 1. The quantitative estimate of drug-likeness (QED) is 0.569. The predicted molar refractivity (Wildman–Crippen MR) is 108 cm³/mol. The number of amides is 2. The molecule has 2 fully saturated rings. The number of hydrogen-bond donors (Lipinski definition) is 2. The molecule has 5 rings (SSSR count). The van der Waals surface area contributed by atoms with E-state index in [1.54, 1.807) is 22.0 Å². The fraction of sp³-hybridized carbons (Fsp3) is 0.350. The fourth-order valence-electron chi connectivity index (χ4n) is 4.06. The highest BCUT2D eigenvalue weighted by atomic mass is 16.3. The summed E-state index contributed by atoms with van der Waals surface area (Å²) in [7, 11) is 0. The van der Waals surface area contributed by atoms with Crippen LogP contribution in [0, 0.1) is 18.8 Å². The van der Waals surface area contributed by atoms with E-state index in [-0.39, 0.29) is 24.1 Å². The number of carbonyl (C=O) groups is 2. The van der Waals surface area contributed by atoms with E-state index in [0.29, 0.717) is 40.9 Å². The van der Waals surface area contributed by atoms with Gasteiger partial charge in [0, 0.05) is 54.1 Å². The lowest BCUT2D eigenvalue weighted by Crippen LogP contribution is -2.30. The van der Waals surface area contributed by atoms with E-state index in [1.807, 2.05) is 6.92 Å². The molecule has 0 radical (unpaired) electrons. The molecule has 1 saturated carbocycles. The third-order valence-electron chi connectivity index (χ3n) is 5.83. The van der Waals surface area contributed by atoms with Crippen LogP contribution in [0.25, 0.3) is 11.3 Å². The Morgan fingerprint density at radius 2 is 2.10 bits per heavy atom. The number of aromatic nitrogens is 6. The first-order valence-corrected chi connectivity index (χ1v) is 9.89. The van der Waals surface area contributed by atoms with Crippen molar-refractivity contribution in [1.29, 1.82) is 0 Å². The van der Waals surface area contributed by atoms with Crippen LogP contribution in [0.1, 0.15) is 34.2 Å². The van der Waals surface area contributed by atoms with Crippen LogP contribution in [0.2, 0.25) is 0 Å². The van der Waals surface area contributed by atoms with E-state index < -0.39 is 11.9 Å². The molecule has 0 bridgehead atoms. The highest BCUT2D eigenvalue weighted by molar-refractivity contribution is 5.98. The van der Waals surface area contributed by atoms with Gasteiger partial charge in [0.05, 0.1) is 12.8 Å². The summed E-state index contributed by atoms with van der Waals surface area (Å²) < 4.78 is 1.55. The molecule has 3 aromatic heterocycles. The van der Waals surface area contributed by atoms with Crippen LogP contribution in [0.15, 0.2) is 31.0 Å². The molecule has 31 heavy (non-hydrogen) atoms. The Morgan fingerprint density at radius 1 is 1.29 bits per heavy atom. The number of aryl methyl sites for hydroxylation is 1. The number of nitrogens with two attached hydrogens (primary N) is 1. The van der Waals surface area contributed by atoms with Gasteiger partial charge in [-0.3, -0.25) is 24.2 Å². The third kappa shape index (κ3) is 3.22. The third-order valence-corrected chi connectivity index (χ3v) is 5.83. The molecular formula is C20H20N8O3. The molecule has 0 spiro atoms. The topological polar surface area (TPSA) is 153 Å². The molecule has 4 heterocycles. The number of anilines is 1. The van der Waals surface area contributed by atoms with Gasteiger partial charge in [0.1, 0.15) is 11.7 Å². The molecule has 3 aromatic rings. The Labute approximate surface area is 177 Å². The van der Waals surface area contributed by atoms with Crippen LogP contribution < -0.4 is 10.6 Å². The summed E-state index contributed by atoms with van der Waals surface area (Å²) in [5.41, 5.74) is 7.60. The number of nitrogens with zero attached hydrogens (tertiary/aromatic N) is 7. The van der Waals surface area contributed by atoms with Crippen LogP contribution >= 0.6 is 0 Å². The Hall–Kier alpha value is -3.73. The molecule has 2 aliphatic rings. The summed E-state index contributed by atoms with van der Waals surface area (Å²) in [4.78, 5) is 42.7. The van der Waals surface area contributed by atoms with Crippen molar-refractivity contribution < 1.29 is 14.7 Å². The second-order valence-corrected chi connectivity index (χ2v) is 7.79. The molecule has 11 heteroatoms. The van der Waals surface area contributed by atoms with Gasteiger partial charge in [-0.15, -0.1) is 0 Å². The predicted octanol–water partition coefficient (Wildman–Crippen LogP) is 0.102. The Morgan fingerprint density at radius 3 is 2.77 bits per heavy atom. The first-order valence-electron chi connectivity index (χ1n) is 9.89. The van der Waals surface area contributed by atoms with E-state index >= 15 is 0 Å². The minimum absolute atomic E-state index is 0.0415. The van der Waals surface area contributed by atoms with Crippen LogP contribution in [0.3, 0.4) is 0 Å². The Balaban J connectivity index is 1.44. The highest BCUT2D eigenvalue weighted by Gasteiger charge is 2.53. The summed E-state index contributed by atoms with van der Waals surface area (Å²) in [5.74, 6) is 0.338. The monoisotopic (exact) mass is 420 g/mol. The smallest absolute Gasteiger partial charge is 0.269 e. The van der Waals surface area contributed by atoms with E-state index in [0.717, 1.165) is 6.42 Å². The summed E-state index contributed by atoms with van der Waals surface area (Å²) >= 11 is 0. The maximum atomic E-state index is 12.3. The van der Waals surface area contributed by atoms with E-state index in [4.69, 9.17) is 5.73 Å². The lowest BCUT2D eigenvalue weighted by atomic mass is 10.1. The van der Waals surface area contributed by atoms with Crippen molar-refractivity contribution in [3.05, 3.63) is 47.9 Å². The van der Waals surface area contributed by atoms with Crippen LogP contribution in [-0.4, -0.2) is 59.8 Å². The minimum atomic E-state index is -0.691. The summed E-state index contributed by atoms with van der Waals surface area (Å²) in [5, 5.41) is 14.4. The van der Waals surface area contributed by atoms with Gasteiger partial charge in [0.15, 0.2) is 5.69 Å². The fourth-order valence-corrected chi connectivity index (χ4v) is 4.06. The van der Waals surface area contributed by atoms with Gasteiger partial charge in [0.2, 0.25) is 11.9 Å². The van der Waals surface area contributed by atoms with E-state index in [1.165, 1.54) is 18.6 Å². The van der Waals surface area contributed by atoms with Crippen molar-refractivity contribution in [3.63, 3.8) is 0 Å². The molecular weight excluding hydrogens is 400 g/mol. The number of hydrogen-bond acceptors (Lipinski definition) is 8. The highest BCUT2D eigenvalue weighted by Crippen LogP contribution is 2.46. The average molecular weight is 420 g/mol. The number of rotatable bonds is 6. The summed E-state index contributed by atoms with van der Waals surface area (Å²) in [6.45, 7) is 2.22. The molecule has 158 valence electrons. The molecule has 3 N–H and O–H groups in total. The maximum Gasteiger partial charge on any atom is 0.269 e. The average Bonchev–Trinajstić information content (AvgIpc) is 3.24. The largest absolute Gasteiger partial charge is 0.394 e. The summed E-state index contributed by atoms with van der Waals surface area (Å²) in [6.07, 6.45) is 8.61. The molecule has 1 aliphatic carbocycles. The minimum Gasteiger partial charge on any atom is -0.394 e. The van der Waals surface area contributed by atoms with E-state index in [2.05, 4.69) is 25.0 Å². The standard InChI is InChI=1S/C20H20N8O3/c1-10-14(6-24-20(26-10)27-7-11-4-13(11)19(27)31)15(9-29)28-8-12(5-25-28)16-17(18(21)30)23-3-2-22-16/h2-3,5-6,8,11,13,15,29H,4,7,9H2,1H3,(H2,21,30)/t11-,13-,15+/m1/s1. The normalized spacial score (nSPS) is 20.6. The Kier molecular flexibility index (Phi) is 4.47. The number of piperidine rings is 1. The molecule has 1 saturated heterocycles. The van der Waals surface area contributed by atoms with Gasteiger partial charge in [-0.05, 0) is 19.3 Å². The van der Waals surface area contributed by atoms with Crippen molar-refractivity contribution in [2.75, 3.05) is 18.1 Å². The second-order valence-electron chi connectivity index (χ2n) is 7.79. The molecule has 11 nitrogen and oxygen atoms in total. The molecule has 0 aromatic carbocycles. The maximum absolute atomic E-state index is 12.3. The summed E-state index contributed by atoms with van der Waals surface area (Å²) in [6, 6.07) is -0.556. The van der Waals surface area contributed by atoms with Crippen molar-refractivity contribution >= 4 is 17.8 Å². The molecule has 0 unspecified atom stereocenters. The molecule has 2 amide bonds. The Bertz CT molecular complexity index is 1190.